The van der Waals surface area contributed by atoms with Crippen LogP contribution in [0.15, 0.2) is 0 Å². The Morgan fingerprint density at radius 3 is 2.95 bits per heavy atom. The van der Waals surface area contributed by atoms with Crippen LogP contribution in [0.2, 0.25) is 0 Å². The third kappa shape index (κ3) is 4.89. The minimum absolute atomic E-state index is 0.00703. The zero-order chi connectivity index (χ0) is 15.9. The molecule has 1 aliphatic rings. The number of carbonyl (C=O) groups excluding carboxylic acids is 1. The lowest BCUT2D eigenvalue weighted by Crippen LogP contribution is -2.46. The maximum absolute atomic E-state index is 12.3. The van der Waals surface area contributed by atoms with Crippen molar-refractivity contribution in [3.8, 4) is 0 Å². The Hall–Kier alpha value is -1.25. The van der Waals surface area contributed by atoms with Gasteiger partial charge in [0.2, 0.25) is 11.0 Å². The topological polar surface area (TPSA) is 116 Å². The molecule has 0 spiro atoms. The zero-order valence-electron chi connectivity index (χ0n) is 13.0. The van der Waals surface area contributed by atoms with Crippen molar-refractivity contribution in [2.24, 2.45) is 11.7 Å². The molecule has 1 aliphatic carbocycles. The van der Waals surface area contributed by atoms with Crippen LogP contribution in [-0.4, -0.2) is 41.4 Å². The van der Waals surface area contributed by atoms with Gasteiger partial charge in [-0.2, -0.15) is 0 Å². The molecule has 0 aromatic carbocycles. The minimum atomic E-state index is -0.0128. The van der Waals surface area contributed by atoms with Gasteiger partial charge in [0.05, 0.1) is 6.10 Å². The van der Waals surface area contributed by atoms with E-state index in [1.54, 1.807) is 0 Å². The number of nitrogens with zero attached hydrogens (tertiary/aromatic N) is 2. The van der Waals surface area contributed by atoms with Crippen molar-refractivity contribution in [2.45, 2.75) is 51.2 Å². The quantitative estimate of drug-likeness (QED) is 0.679. The first-order chi connectivity index (χ1) is 10.6. The lowest BCUT2D eigenvalue weighted by molar-refractivity contribution is -0.128. The van der Waals surface area contributed by atoms with Crippen LogP contribution in [0.3, 0.4) is 0 Å². The number of nitrogen functional groups attached to an aromatic ring is 1. The van der Waals surface area contributed by atoms with Gasteiger partial charge in [0.25, 0.3) is 0 Å². The Morgan fingerprint density at radius 1 is 1.45 bits per heavy atom. The van der Waals surface area contributed by atoms with Crippen LogP contribution < -0.4 is 16.8 Å². The number of ether oxygens (including phenoxy) is 1. The number of amides is 1. The summed E-state index contributed by atoms with van der Waals surface area (Å²) in [5.74, 6) is 0.0654. The SMILES string of the molecule is CCCO[C@@H]1C[C@@H](C(=O)NCCc2nnc(N)s2)CC[C@H]1N. The molecule has 1 heterocycles. The van der Waals surface area contributed by atoms with E-state index in [1.165, 1.54) is 11.3 Å². The number of hydrogen-bond acceptors (Lipinski definition) is 7. The largest absolute Gasteiger partial charge is 0.377 e. The molecule has 1 aromatic heterocycles. The van der Waals surface area contributed by atoms with Gasteiger partial charge in [-0.1, -0.05) is 18.3 Å². The fraction of sp³-hybridized carbons (Fsp3) is 0.786. The van der Waals surface area contributed by atoms with Crippen LogP contribution in [0.1, 0.15) is 37.6 Å². The van der Waals surface area contributed by atoms with Crippen LogP contribution in [0.4, 0.5) is 5.13 Å². The predicted molar refractivity (Wildman–Crippen MR) is 86.4 cm³/mol. The summed E-state index contributed by atoms with van der Waals surface area (Å²) < 4.78 is 5.77. The highest BCUT2D eigenvalue weighted by Gasteiger charge is 2.32. The molecule has 2 rings (SSSR count). The third-order valence-electron chi connectivity index (χ3n) is 3.87. The lowest BCUT2D eigenvalue weighted by atomic mass is 9.83. The molecule has 5 N–H and O–H groups in total. The molecule has 1 saturated carbocycles. The summed E-state index contributed by atoms with van der Waals surface area (Å²) in [6.45, 7) is 3.32. The molecule has 1 fully saturated rings. The molecule has 7 nitrogen and oxygen atoms in total. The van der Waals surface area contributed by atoms with E-state index >= 15 is 0 Å². The molecule has 1 amide bonds. The summed E-state index contributed by atoms with van der Waals surface area (Å²) >= 11 is 1.35. The number of anilines is 1. The maximum Gasteiger partial charge on any atom is 0.223 e. The smallest absolute Gasteiger partial charge is 0.223 e. The Bertz CT molecular complexity index is 482. The van der Waals surface area contributed by atoms with Gasteiger partial charge in [-0.25, -0.2) is 0 Å². The number of aromatic nitrogens is 2. The second-order valence-electron chi connectivity index (χ2n) is 5.66. The van der Waals surface area contributed by atoms with Crippen molar-refractivity contribution in [1.82, 2.24) is 15.5 Å². The Labute approximate surface area is 134 Å². The van der Waals surface area contributed by atoms with Crippen LogP contribution in [-0.2, 0) is 16.0 Å². The summed E-state index contributed by atoms with van der Waals surface area (Å²) in [4.78, 5) is 12.3. The molecule has 1 aromatic rings. The van der Waals surface area contributed by atoms with Crippen LogP contribution >= 0.6 is 11.3 Å². The normalized spacial score (nSPS) is 25.1. The molecule has 8 heteroatoms. The van der Waals surface area contributed by atoms with Crippen molar-refractivity contribution >= 4 is 22.4 Å². The summed E-state index contributed by atoms with van der Waals surface area (Å²) in [6, 6.07) is 0.0416. The fourth-order valence-electron chi connectivity index (χ4n) is 2.66. The summed E-state index contributed by atoms with van der Waals surface area (Å²) in [5.41, 5.74) is 11.6. The highest BCUT2D eigenvalue weighted by Crippen LogP contribution is 2.26. The van der Waals surface area contributed by atoms with E-state index in [2.05, 4.69) is 22.4 Å². The number of nitrogens with one attached hydrogen (secondary N) is 1. The molecule has 124 valence electrons. The van der Waals surface area contributed by atoms with Gasteiger partial charge in [0, 0.05) is 31.5 Å². The van der Waals surface area contributed by atoms with Gasteiger partial charge in [-0.15, -0.1) is 10.2 Å². The Kier molecular flexibility index (Phi) is 6.53. The monoisotopic (exact) mass is 327 g/mol. The van der Waals surface area contributed by atoms with E-state index in [1.807, 2.05) is 0 Å². The first-order valence-electron chi connectivity index (χ1n) is 7.83. The molecule has 0 saturated heterocycles. The summed E-state index contributed by atoms with van der Waals surface area (Å²) in [7, 11) is 0. The predicted octanol–water partition coefficient (Wildman–Crippen LogP) is 0.702. The lowest BCUT2D eigenvalue weighted by Gasteiger charge is -2.33. The number of rotatable bonds is 7. The second-order valence-corrected chi connectivity index (χ2v) is 6.75. The van der Waals surface area contributed by atoms with Gasteiger partial charge in [-0.3, -0.25) is 4.79 Å². The van der Waals surface area contributed by atoms with Gasteiger partial charge in [0.1, 0.15) is 5.01 Å². The van der Waals surface area contributed by atoms with E-state index in [-0.39, 0.29) is 24.0 Å². The first-order valence-corrected chi connectivity index (χ1v) is 8.64. The standard InChI is InChI=1S/C14H25N5O2S/c1-2-7-21-11-8-9(3-4-10(11)15)13(20)17-6-5-12-18-19-14(16)22-12/h9-11H,2-8,15H2,1H3,(H2,16,19)(H,17,20)/t9-,10+,11+/m0/s1. The average Bonchev–Trinajstić information content (AvgIpc) is 2.92. The van der Waals surface area contributed by atoms with E-state index in [4.69, 9.17) is 16.2 Å². The van der Waals surface area contributed by atoms with Crippen LogP contribution in [0.25, 0.3) is 0 Å². The minimum Gasteiger partial charge on any atom is -0.377 e. The molecule has 0 bridgehead atoms. The fourth-order valence-corrected chi connectivity index (χ4v) is 3.27. The van der Waals surface area contributed by atoms with Gasteiger partial charge in [-0.05, 0) is 25.7 Å². The number of nitrogens with two attached hydrogens (primary N) is 2. The van der Waals surface area contributed by atoms with Crippen LogP contribution in [0, 0.1) is 5.92 Å². The van der Waals surface area contributed by atoms with E-state index in [9.17, 15) is 4.79 Å². The number of hydrogen-bond donors (Lipinski definition) is 3. The Balaban J connectivity index is 1.74. The highest BCUT2D eigenvalue weighted by atomic mass is 32.1. The molecular formula is C14H25N5O2S. The van der Waals surface area contributed by atoms with Crippen LogP contribution in [0.5, 0.6) is 0 Å². The average molecular weight is 327 g/mol. The van der Waals surface area contributed by atoms with Crippen molar-refractivity contribution < 1.29 is 9.53 Å². The zero-order valence-corrected chi connectivity index (χ0v) is 13.8. The summed E-state index contributed by atoms with van der Waals surface area (Å²) in [6.07, 6.45) is 3.98. The van der Waals surface area contributed by atoms with E-state index in [0.717, 1.165) is 24.3 Å². The third-order valence-corrected chi connectivity index (χ3v) is 4.68. The number of carbonyl (C=O) groups is 1. The van der Waals surface area contributed by atoms with Crippen molar-refractivity contribution in [3.63, 3.8) is 0 Å². The molecular weight excluding hydrogens is 302 g/mol. The second kappa shape index (κ2) is 8.40. The molecule has 3 atom stereocenters. The van der Waals surface area contributed by atoms with Gasteiger partial charge in [0.15, 0.2) is 0 Å². The van der Waals surface area contributed by atoms with E-state index in [0.29, 0.717) is 31.1 Å². The molecule has 0 unspecified atom stereocenters. The van der Waals surface area contributed by atoms with Crippen molar-refractivity contribution in [2.75, 3.05) is 18.9 Å². The van der Waals surface area contributed by atoms with Crippen molar-refractivity contribution in [1.29, 1.82) is 0 Å². The van der Waals surface area contributed by atoms with Gasteiger partial charge < -0.3 is 21.5 Å². The Morgan fingerprint density at radius 2 is 2.27 bits per heavy atom. The first kappa shape index (κ1) is 17.1. The van der Waals surface area contributed by atoms with Crippen molar-refractivity contribution in [3.05, 3.63) is 5.01 Å². The summed E-state index contributed by atoms with van der Waals surface area (Å²) in [5, 5.41) is 12.0. The molecule has 0 radical (unpaired) electrons. The highest BCUT2D eigenvalue weighted by molar-refractivity contribution is 7.15. The van der Waals surface area contributed by atoms with E-state index < -0.39 is 0 Å². The molecule has 0 aliphatic heterocycles. The maximum atomic E-state index is 12.3. The molecule has 22 heavy (non-hydrogen) atoms. The van der Waals surface area contributed by atoms with Gasteiger partial charge >= 0.3 is 0 Å².